The molecule has 0 saturated carbocycles. The molecular formula is C9H9N3OS2. The van der Waals surface area contributed by atoms with E-state index in [0.717, 1.165) is 10.7 Å². The van der Waals surface area contributed by atoms with Crippen molar-refractivity contribution in [1.29, 1.82) is 0 Å². The van der Waals surface area contributed by atoms with Crippen LogP contribution in [0.4, 0.5) is 0 Å². The third kappa shape index (κ3) is 3.10. The lowest BCUT2D eigenvalue weighted by atomic mass is 10.3. The molecule has 4 nitrogen and oxygen atoms in total. The number of amides is 1. The molecular weight excluding hydrogens is 230 g/mol. The molecule has 6 heteroatoms. The number of aromatic nitrogens is 2. The molecule has 0 aromatic carbocycles. The standard InChI is InChI=1S/C9H9N3OS2/c13-8(3-7-5-14-6-12-7)11-4-9-10-1-2-15-9/h1-2,5-6H,3-4H2,(H,11,13). The van der Waals surface area contributed by atoms with E-state index < -0.39 is 0 Å². The number of nitrogens with zero attached hydrogens (tertiary/aromatic N) is 2. The van der Waals surface area contributed by atoms with E-state index in [1.54, 1.807) is 11.7 Å². The highest BCUT2D eigenvalue weighted by molar-refractivity contribution is 7.09. The molecule has 1 N–H and O–H groups in total. The van der Waals surface area contributed by atoms with Gasteiger partial charge in [-0.05, 0) is 0 Å². The predicted octanol–water partition coefficient (Wildman–Crippen LogP) is 1.46. The van der Waals surface area contributed by atoms with Crippen LogP contribution in [0.5, 0.6) is 0 Å². The zero-order valence-corrected chi connectivity index (χ0v) is 9.48. The number of carbonyl (C=O) groups is 1. The van der Waals surface area contributed by atoms with Gasteiger partial charge in [0.15, 0.2) is 0 Å². The third-order valence-electron chi connectivity index (χ3n) is 1.75. The van der Waals surface area contributed by atoms with Crippen LogP contribution in [0.2, 0.25) is 0 Å². The average Bonchev–Trinajstić information content (AvgIpc) is 2.86. The fraction of sp³-hybridized carbons (Fsp3) is 0.222. The molecule has 0 atom stereocenters. The molecule has 2 rings (SSSR count). The van der Waals surface area contributed by atoms with E-state index in [4.69, 9.17) is 0 Å². The summed E-state index contributed by atoms with van der Waals surface area (Å²) in [6.45, 7) is 0.501. The molecule has 0 unspecified atom stereocenters. The highest BCUT2D eigenvalue weighted by Crippen LogP contribution is 2.04. The van der Waals surface area contributed by atoms with E-state index in [-0.39, 0.29) is 5.91 Å². The Balaban J connectivity index is 1.78. The van der Waals surface area contributed by atoms with Crippen molar-refractivity contribution in [1.82, 2.24) is 15.3 Å². The maximum Gasteiger partial charge on any atom is 0.226 e. The topological polar surface area (TPSA) is 54.9 Å². The Labute approximate surface area is 95.0 Å². The molecule has 0 aliphatic carbocycles. The van der Waals surface area contributed by atoms with Gasteiger partial charge in [0, 0.05) is 17.0 Å². The monoisotopic (exact) mass is 239 g/mol. The molecule has 2 aromatic rings. The smallest absolute Gasteiger partial charge is 0.226 e. The summed E-state index contributed by atoms with van der Waals surface area (Å²) < 4.78 is 0. The normalized spacial score (nSPS) is 10.1. The van der Waals surface area contributed by atoms with Crippen LogP contribution >= 0.6 is 22.7 Å². The first kappa shape index (κ1) is 10.3. The Morgan fingerprint density at radius 1 is 1.47 bits per heavy atom. The highest BCUT2D eigenvalue weighted by atomic mass is 32.1. The van der Waals surface area contributed by atoms with Crippen LogP contribution in [0.15, 0.2) is 22.5 Å². The molecule has 78 valence electrons. The quantitative estimate of drug-likeness (QED) is 0.878. The lowest BCUT2D eigenvalue weighted by Crippen LogP contribution is -2.24. The second-order valence-electron chi connectivity index (χ2n) is 2.86. The van der Waals surface area contributed by atoms with Crippen molar-refractivity contribution in [2.45, 2.75) is 13.0 Å². The molecule has 15 heavy (non-hydrogen) atoms. The van der Waals surface area contributed by atoms with Gasteiger partial charge in [-0.1, -0.05) is 0 Å². The predicted molar refractivity (Wildman–Crippen MR) is 59.8 cm³/mol. The Hall–Kier alpha value is -1.27. The molecule has 0 radical (unpaired) electrons. The third-order valence-corrected chi connectivity index (χ3v) is 3.16. The van der Waals surface area contributed by atoms with Gasteiger partial charge < -0.3 is 5.32 Å². The summed E-state index contributed by atoms with van der Waals surface area (Å²) in [6.07, 6.45) is 2.07. The average molecular weight is 239 g/mol. The van der Waals surface area contributed by atoms with E-state index in [0.29, 0.717) is 13.0 Å². The number of nitrogens with one attached hydrogen (secondary N) is 1. The number of thiazole rings is 2. The van der Waals surface area contributed by atoms with Gasteiger partial charge in [-0.3, -0.25) is 4.79 Å². The van der Waals surface area contributed by atoms with E-state index >= 15 is 0 Å². The van der Waals surface area contributed by atoms with Gasteiger partial charge in [0.25, 0.3) is 0 Å². The van der Waals surface area contributed by atoms with Crippen molar-refractivity contribution in [3.05, 3.63) is 33.2 Å². The molecule has 0 spiro atoms. The zero-order valence-electron chi connectivity index (χ0n) is 7.84. The van der Waals surface area contributed by atoms with Gasteiger partial charge in [0.05, 0.1) is 24.2 Å². The van der Waals surface area contributed by atoms with E-state index in [2.05, 4.69) is 15.3 Å². The fourth-order valence-corrected chi connectivity index (χ4v) is 2.18. The largest absolute Gasteiger partial charge is 0.349 e. The molecule has 0 fully saturated rings. The summed E-state index contributed by atoms with van der Waals surface area (Å²) in [5.74, 6) is -0.0175. The minimum atomic E-state index is -0.0175. The Morgan fingerprint density at radius 3 is 3.07 bits per heavy atom. The van der Waals surface area contributed by atoms with Gasteiger partial charge in [0.2, 0.25) is 5.91 Å². The Bertz CT molecular complexity index is 411. The summed E-state index contributed by atoms with van der Waals surface area (Å²) in [5.41, 5.74) is 2.54. The number of rotatable bonds is 4. The van der Waals surface area contributed by atoms with Gasteiger partial charge >= 0.3 is 0 Å². The minimum Gasteiger partial charge on any atom is -0.349 e. The molecule has 0 bridgehead atoms. The summed E-state index contributed by atoms with van der Waals surface area (Å²) in [5, 5.41) is 7.48. The van der Waals surface area contributed by atoms with Crippen molar-refractivity contribution in [3.8, 4) is 0 Å². The summed E-state index contributed by atoms with van der Waals surface area (Å²) in [6, 6.07) is 0. The SMILES string of the molecule is O=C(Cc1cscn1)NCc1nccs1. The number of carbonyl (C=O) groups excluding carboxylic acids is 1. The van der Waals surface area contributed by atoms with Gasteiger partial charge in [-0.2, -0.15) is 0 Å². The van der Waals surface area contributed by atoms with Crippen LogP contribution in [-0.2, 0) is 17.8 Å². The maximum absolute atomic E-state index is 11.4. The second-order valence-corrected chi connectivity index (χ2v) is 4.56. The van der Waals surface area contributed by atoms with Crippen molar-refractivity contribution in [3.63, 3.8) is 0 Å². The Morgan fingerprint density at radius 2 is 2.40 bits per heavy atom. The van der Waals surface area contributed by atoms with Crippen molar-refractivity contribution in [2.24, 2.45) is 0 Å². The van der Waals surface area contributed by atoms with Gasteiger partial charge in [-0.15, -0.1) is 22.7 Å². The summed E-state index contributed by atoms with van der Waals surface area (Å²) in [4.78, 5) is 19.6. The lowest BCUT2D eigenvalue weighted by Gasteiger charge is -2.00. The minimum absolute atomic E-state index is 0.0175. The molecule has 0 saturated heterocycles. The zero-order chi connectivity index (χ0) is 10.5. The van der Waals surface area contributed by atoms with Crippen LogP contribution in [0, 0.1) is 0 Å². The number of hydrogen-bond donors (Lipinski definition) is 1. The van der Waals surface area contributed by atoms with Gasteiger partial charge in [0.1, 0.15) is 5.01 Å². The van der Waals surface area contributed by atoms with Crippen LogP contribution in [-0.4, -0.2) is 15.9 Å². The first-order valence-electron chi connectivity index (χ1n) is 4.37. The number of hydrogen-bond acceptors (Lipinski definition) is 5. The fourth-order valence-electron chi connectivity index (χ4n) is 1.07. The van der Waals surface area contributed by atoms with Crippen LogP contribution < -0.4 is 5.32 Å². The van der Waals surface area contributed by atoms with Crippen LogP contribution in [0.25, 0.3) is 0 Å². The molecule has 2 aromatic heterocycles. The van der Waals surface area contributed by atoms with Gasteiger partial charge in [-0.25, -0.2) is 9.97 Å². The Kier molecular flexibility index (Phi) is 3.41. The van der Waals surface area contributed by atoms with Crippen molar-refractivity contribution in [2.75, 3.05) is 0 Å². The van der Waals surface area contributed by atoms with Crippen molar-refractivity contribution >= 4 is 28.6 Å². The van der Waals surface area contributed by atoms with Crippen molar-refractivity contribution < 1.29 is 4.79 Å². The summed E-state index contributed by atoms with van der Waals surface area (Å²) >= 11 is 3.03. The molecule has 0 aliphatic rings. The van der Waals surface area contributed by atoms with E-state index in [9.17, 15) is 4.79 Å². The van der Waals surface area contributed by atoms with Crippen LogP contribution in [0.3, 0.4) is 0 Å². The molecule has 1 amide bonds. The lowest BCUT2D eigenvalue weighted by molar-refractivity contribution is -0.120. The van der Waals surface area contributed by atoms with E-state index in [1.165, 1.54) is 22.7 Å². The molecule has 2 heterocycles. The molecule has 0 aliphatic heterocycles. The highest BCUT2D eigenvalue weighted by Gasteiger charge is 2.05. The first-order chi connectivity index (χ1) is 7.34. The first-order valence-corrected chi connectivity index (χ1v) is 6.19. The van der Waals surface area contributed by atoms with E-state index in [1.807, 2.05) is 10.8 Å². The summed E-state index contributed by atoms with van der Waals surface area (Å²) in [7, 11) is 0. The maximum atomic E-state index is 11.4. The second kappa shape index (κ2) is 4.99. The van der Waals surface area contributed by atoms with Crippen LogP contribution in [0.1, 0.15) is 10.7 Å².